The minimum absolute atomic E-state index is 0.155. The molecule has 0 N–H and O–H groups in total. The van der Waals surface area contributed by atoms with Crippen LogP contribution in [0.15, 0.2) is 23.5 Å². The van der Waals surface area contributed by atoms with Crippen molar-refractivity contribution in [1.29, 1.82) is 0 Å². The molecule has 6 heteroatoms. The van der Waals surface area contributed by atoms with E-state index in [4.69, 9.17) is 4.74 Å². The summed E-state index contributed by atoms with van der Waals surface area (Å²) in [6.45, 7) is 24.7. The highest BCUT2D eigenvalue weighted by atomic mass is 16.5. The Bertz CT molecular complexity index is 756. The van der Waals surface area contributed by atoms with Crippen molar-refractivity contribution < 1.29 is 14.3 Å². The molecule has 0 aliphatic carbocycles. The molecule has 0 rings (SSSR count). The molecule has 42 heavy (non-hydrogen) atoms. The predicted octanol–water partition coefficient (Wildman–Crippen LogP) is 8.62. The molecule has 0 bridgehead atoms. The maximum absolute atomic E-state index is 13.6. The Hall–Kier alpha value is -1.82. The van der Waals surface area contributed by atoms with E-state index in [-0.39, 0.29) is 17.9 Å². The number of nitrogens with zero attached hydrogens (tertiary/aromatic N) is 3. The lowest BCUT2D eigenvalue weighted by Gasteiger charge is -2.34. The van der Waals surface area contributed by atoms with Gasteiger partial charge in [-0.15, -0.1) is 0 Å². The fraction of sp³-hybridized carbons (Fsp3) is 0.833. The van der Waals surface area contributed by atoms with Crippen LogP contribution in [-0.4, -0.2) is 78.4 Å². The Balaban J connectivity index is 5.53. The van der Waals surface area contributed by atoms with Gasteiger partial charge in [-0.25, -0.2) is 0 Å². The monoisotopic (exact) mass is 592 g/mol. The highest BCUT2D eigenvalue weighted by Crippen LogP contribution is 2.19. The van der Waals surface area contributed by atoms with Crippen molar-refractivity contribution in [3.05, 3.63) is 23.5 Å². The Labute approximate surface area is 261 Å². The van der Waals surface area contributed by atoms with Gasteiger partial charge in [0.05, 0.1) is 13.2 Å². The van der Waals surface area contributed by atoms with Gasteiger partial charge in [-0.05, 0) is 89.2 Å². The molecule has 6 nitrogen and oxygen atoms in total. The van der Waals surface area contributed by atoms with Crippen LogP contribution in [-0.2, 0) is 14.3 Å². The summed E-state index contributed by atoms with van der Waals surface area (Å²) in [5.41, 5.74) is 1.23. The number of rotatable bonds is 26. The standard InChI is InChI=1S/C36H69N3O3/c1-10-15-25-38(26-16-11-2)36(41)30-39(33(8)22-19-27-37(24-14-5)34(9)40)29-31(6)21-18-23-35(32(7)20-13-4)42-28-17-12-3/h20,23,31,33H,10-19,21-22,24-30H2,1-9H3/b32-20-,35-23+. The zero-order valence-electron chi connectivity index (χ0n) is 29.3. The average Bonchev–Trinajstić information content (AvgIpc) is 2.95. The molecule has 0 heterocycles. The maximum Gasteiger partial charge on any atom is 0.236 e. The van der Waals surface area contributed by atoms with Crippen LogP contribution in [0.1, 0.15) is 139 Å². The third-order valence-corrected chi connectivity index (χ3v) is 8.06. The lowest BCUT2D eigenvalue weighted by Crippen LogP contribution is -2.46. The Kier molecular flexibility index (Phi) is 24.5. The molecule has 0 radical (unpaired) electrons. The summed E-state index contributed by atoms with van der Waals surface area (Å²) in [6.07, 6.45) is 17.0. The summed E-state index contributed by atoms with van der Waals surface area (Å²) in [5, 5.41) is 0. The Morgan fingerprint density at radius 3 is 1.90 bits per heavy atom. The van der Waals surface area contributed by atoms with Gasteiger partial charge >= 0.3 is 0 Å². The van der Waals surface area contributed by atoms with E-state index in [9.17, 15) is 9.59 Å². The summed E-state index contributed by atoms with van der Waals surface area (Å²) in [7, 11) is 0. The van der Waals surface area contributed by atoms with Crippen molar-refractivity contribution in [2.45, 2.75) is 145 Å². The average molecular weight is 592 g/mol. The summed E-state index contributed by atoms with van der Waals surface area (Å²) < 4.78 is 6.14. The third kappa shape index (κ3) is 18.7. The first-order valence-corrected chi connectivity index (χ1v) is 17.4. The SMILES string of the molecule is CC/C=C(C)\C(=C/CCC(C)CN(CC(=O)N(CCCC)CCCC)C(C)CCCN(CCC)C(C)=O)OCCCC. The van der Waals surface area contributed by atoms with Crippen molar-refractivity contribution in [1.82, 2.24) is 14.7 Å². The topological polar surface area (TPSA) is 53.1 Å². The van der Waals surface area contributed by atoms with E-state index in [1.807, 2.05) is 4.90 Å². The van der Waals surface area contributed by atoms with Crippen LogP contribution in [0.3, 0.4) is 0 Å². The van der Waals surface area contributed by atoms with Gasteiger partial charge in [-0.2, -0.15) is 0 Å². The number of hydrogen-bond donors (Lipinski definition) is 0. The molecule has 2 unspecified atom stereocenters. The number of unbranched alkanes of at least 4 members (excludes halogenated alkanes) is 3. The van der Waals surface area contributed by atoms with E-state index in [0.717, 1.165) is 122 Å². The summed E-state index contributed by atoms with van der Waals surface area (Å²) in [6, 6.07) is 0.282. The zero-order valence-corrected chi connectivity index (χ0v) is 29.3. The third-order valence-electron chi connectivity index (χ3n) is 8.06. The first-order valence-electron chi connectivity index (χ1n) is 17.4. The highest BCUT2D eigenvalue weighted by Gasteiger charge is 2.23. The number of carbonyl (C=O) groups is 2. The zero-order chi connectivity index (χ0) is 31.8. The summed E-state index contributed by atoms with van der Waals surface area (Å²) >= 11 is 0. The van der Waals surface area contributed by atoms with E-state index in [1.165, 1.54) is 5.57 Å². The van der Waals surface area contributed by atoms with Gasteiger partial charge < -0.3 is 14.5 Å². The number of carbonyl (C=O) groups excluding carboxylic acids is 2. The molecule has 2 amide bonds. The fourth-order valence-corrected chi connectivity index (χ4v) is 5.25. The van der Waals surface area contributed by atoms with E-state index in [2.05, 4.69) is 77.3 Å². The van der Waals surface area contributed by atoms with E-state index in [1.54, 1.807) is 6.92 Å². The molecule has 0 fully saturated rings. The molecule has 0 aliphatic rings. The van der Waals surface area contributed by atoms with Gasteiger partial charge in [0.2, 0.25) is 11.8 Å². The molecular weight excluding hydrogens is 522 g/mol. The molecule has 0 aromatic heterocycles. The number of ether oxygens (including phenoxy) is 1. The van der Waals surface area contributed by atoms with Crippen LogP contribution in [0, 0.1) is 5.92 Å². The predicted molar refractivity (Wildman–Crippen MR) is 181 cm³/mol. The van der Waals surface area contributed by atoms with Crippen LogP contribution < -0.4 is 0 Å². The van der Waals surface area contributed by atoms with Gasteiger partial charge in [-0.3, -0.25) is 14.5 Å². The molecule has 2 atom stereocenters. The maximum atomic E-state index is 13.6. The summed E-state index contributed by atoms with van der Waals surface area (Å²) in [4.78, 5) is 32.1. The normalized spacial score (nSPS) is 13.8. The first kappa shape index (κ1) is 40.2. The van der Waals surface area contributed by atoms with E-state index >= 15 is 0 Å². The molecule has 0 saturated carbocycles. The molecule has 246 valence electrons. The largest absolute Gasteiger partial charge is 0.494 e. The number of allylic oxidation sites excluding steroid dienone is 3. The molecule has 0 saturated heterocycles. The van der Waals surface area contributed by atoms with Crippen LogP contribution in [0.5, 0.6) is 0 Å². The molecule has 0 aromatic rings. The Morgan fingerprint density at radius 1 is 0.738 bits per heavy atom. The van der Waals surface area contributed by atoms with Gasteiger partial charge in [-0.1, -0.05) is 66.9 Å². The van der Waals surface area contributed by atoms with Gasteiger partial charge in [0.15, 0.2) is 0 Å². The Morgan fingerprint density at radius 2 is 1.36 bits per heavy atom. The van der Waals surface area contributed by atoms with Crippen molar-refractivity contribution in [3.63, 3.8) is 0 Å². The molecular formula is C36H69N3O3. The quantitative estimate of drug-likeness (QED) is 0.0574. The van der Waals surface area contributed by atoms with Gasteiger partial charge in [0.1, 0.15) is 5.76 Å². The van der Waals surface area contributed by atoms with Gasteiger partial charge in [0, 0.05) is 45.7 Å². The van der Waals surface area contributed by atoms with Crippen LogP contribution in [0.25, 0.3) is 0 Å². The lowest BCUT2D eigenvalue weighted by molar-refractivity contribution is -0.133. The first-order chi connectivity index (χ1) is 20.1. The smallest absolute Gasteiger partial charge is 0.236 e. The van der Waals surface area contributed by atoms with Gasteiger partial charge in [0.25, 0.3) is 0 Å². The van der Waals surface area contributed by atoms with Crippen LogP contribution >= 0.6 is 0 Å². The number of amides is 2. The van der Waals surface area contributed by atoms with Crippen LogP contribution in [0.4, 0.5) is 0 Å². The second-order valence-corrected chi connectivity index (χ2v) is 12.3. The van der Waals surface area contributed by atoms with Crippen molar-refractivity contribution in [2.75, 3.05) is 45.9 Å². The van der Waals surface area contributed by atoms with Crippen molar-refractivity contribution in [3.8, 4) is 0 Å². The molecule has 0 aromatic carbocycles. The lowest BCUT2D eigenvalue weighted by atomic mass is 10.0. The number of hydrogen-bond acceptors (Lipinski definition) is 4. The molecule has 0 aliphatic heterocycles. The fourth-order valence-electron chi connectivity index (χ4n) is 5.25. The summed E-state index contributed by atoms with van der Waals surface area (Å²) in [5.74, 6) is 1.90. The second-order valence-electron chi connectivity index (χ2n) is 12.3. The second kappa shape index (κ2) is 25.7. The highest BCUT2D eigenvalue weighted by molar-refractivity contribution is 5.78. The minimum Gasteiger partial charge on any atom is -0.494 e. The minimum atomic E-state index is 0.155. The van der Waals surface area contributed by atoms with E-state index < -0.39 is 0 Å². The van der Waals surface area contributed by atoms with Crippen molar-refractivity contribution >= 4 is 11.8 Å². The van der Waals surface area contributed by atoms with Crippen LogP contribution in [0.2, 0.25) is 0 Å². The molecule has 0 spiro atoms. The van der Waals surface area contributed by atoms with Crippen molar-refractivity contribution in [2.24, 2.45) is 5.92 Å². The van der Waals surface area contributed by atoms with E-state index in [0.29, 0.717) is 12.5 Å².